The number of carbonyl (C=O) groups is 2. The molecule has 17 heteroatoms. The number of amides is 1. The van der Waals surface area contributed by atoms with Crippen molar-refractivity contribution in [2.75, 3.05) is 11.4 Å². The molecule has 2 aliphatic rings. The molecule has 5 heterocycles. The van der Waals surface area contributed by atoms with Gasteiger partial charge in [-0.1, -0.05) is 30.1 Å². The van der Waals surface area contributed by atoms with Gasteiger partial charge in [-0.25, -0.2) is 14.7 Å². The number of amidine groups is 1. The van der Waals surface area contributed by atoms with Crippen molar-refractivity contribution in [2.45, 2.75) is 51.5 Å². The summed E-state index contributed by atoms with van der Waals surface area (Å²) in [6, 6.07) is 3.40. The van der Waals surface area contributed by atoms with Crippen LogP contribution in [0.15, 0.2) is 38.9 Å². The SMILES string of the molecule is CCCCCN1c2nc(Br)[nH]c2C(=O)N2C(CCc3nc(-c4ccncc4)no3)=NN(OC(=O)C(F)(F)F)C21. The highest BCUT2D eigenvalue weighted by Crippen LogP contribution is 2.37. The number of fused-ring (bicyclic) bond motifs is 2. The Morgan fingerprint density at radius 1 is 1.21 bits per heavy atom. The third kappa shape index (κ3) is 5.30. The molecule has 3 aromatic rings. The Hall–Kier alpha value is -4.02. The number of unbranched alkanes of at least 4 members (excludes halogenated alkanes) is 2. The van der Waals surface area contributed by atoms with Gasteiger partial charge < -0.3 is 19.2 Å². The number of hydroxylamine groups is 1. The molecule has 5 rings (SSSR count). The highest BCUT2D eigenvalue weighted by atomic mass is 79.9. The maximum Gasteiger partial charge on any atom is 0.493 e. The minimum atomic E-state index is -5.28. The standard InChI is InChI=1S/C22H21BrF3N9O4/c1-2-3-4-11-33-17-15(29-20(23)30-17)18(36)34-13(31-35(21(33)34)39-19(37)22(24,25)26)5-6-14-28-16(32-38-14)12-7-9-27-10-8-12/h7-10,21H,2-6,11H2,1H3,(H,29,30). The van der Waals surface area contributed by atoms with Gasteiger partial charge >= 0.3 is 12.1 Å². The Morgan fingerprint density at radius 2 is 1.97 bits per heavy atom. The maximum atomic E-state index is 13.5. The van der Waals surface area contributed by atoms with Gasteiger partial charge in [-0.3, -0.25) is 9.78 Å². The lowest BCUT2D eigenvalue weighted by Crippen LogP contribution is -2.60. The lowest BCUT2D eigenvalue weighted by atomic mass is 10.2. The second-order valence-corrected chi connectivity index (χ2v) is 9.34. The summed E-state index contributed by atoms with van der Waals surface area (Å²) in [7, 11) is 0. The number of H-pyrrole nitrogens is 1. The van der Waals surface area contributed by atoms with Crippen LogP contribution >= 0.6 is 15.9 Å². The number of alkyl halides is 3. The van der Waals surface area contributed by atoms with Crippen LogP contribution in [-0.2, 0) is 16.1 Å². The Kier molecular flexibility index (Phi) is 7.24. The van der Waals surface area contributed by atoms with Gasteiger partial charge in [-0.05, 0) is 34.5 Å². The van der Waals surface area contributed by atoms with E-state index < -0.39 is 24.3 Å². The molecule has 1 atom stereocenters. The summed E-state index contributed by atoms with van der Waals surface area (Å²) in [6.45, 7) is 2.29. The Labute approximate surface area is 227 Å². The first kappa shape index (κ1) is 26.6. The Balaban J connectivity index is 1.45. The maximum absolute atomic E-state index is 13.5. The zero-order valence-electron chi connectivity index (χ0n) is 20.4. The molecule has 0 bridgehead atoms. The Bertz CT molecular complexity index is 1390. The van der Waals surface area contributed by atoms with Crippen LogP contribution in [0, 0.1) is 0 Å². The second kappa shape index (κ2) is 10.6. The van der Waals surface area contributed by atoms with E-state index in [9.17, 15) is 22.8 Å². The van der Waals surface area contributed by atoms with E-state index >= 15 is 0 Å². The van der Waals surface area contributed by atoms with Crippen molar-refractivity contribution in [1.29, 1.82) is 0 Å². The largest absolute Gasteiger partial charge is 0.493 e. The lowest BCUT2D eigenvalue weighted by molar-refractivity contribution is -0.249. The second-order valence-electron chi connectivity index (χ2n) is 8.59. The van der Waals surface area contributed by atoms with E-state index in [0.717, 1.165) is 12.8 Å². The quantitative estimate of drug-likeness (QED) is 0.356. The average molecular weight is 612 g/mol. The predicted octanol–water partition coefficient (Wildman–Crippen LogP) is 3.64. The smallest absolute Gasteiger partial charge is 0.339 e. The van der Waals surface area contributed by atoms with Crippen LogP contribution in [0.5, 0.6) is 0 Å². The van der Waals surface area contributed by atoms with E-state index in [0.29, 0.717) is 29.5 Å². The van der Waals surface area contributed by atoms with Crippen molar-refractivity contribution in [3.05, 3.63) is 40.8 Å². The number of hydrogen-bond donors (Lipinski definition) is 1. The number of hydrogen-bond acceptors (Lipinski definition) is 11. The van der Waals surface area contributed by atoms with Crippen molar-refractivity contribution < 1.29 is 32.1 Å². The molecular formula is C22H21BrF3N9O4. The number of hydrazone groups is 1. The predicted molar refractivity (Wildman–Crippen MR) is 130 cm³/mol. The summed E-state index contributed by atoms with van der Waals surface area (Å²) < 4.78 is 44.9. The molecule has 0 saturated carbocycles. The summed E-state index contributed by atoms with van der Waals surface area (Å²) in [5, 5.41) is 8.53. The molecule has 206 valence electrons. The van der Waals surface area contributed by atoms with Gasteiger partial charge in [0.25, 0.3) is 5.91 Å². The number of pyridine rings is 1. The van der Waals surface area contributed by atoms with Crippen LogP contribution in [0.3, 0.4) is 0 Å². The van der Waals surface area contributed by atoms with Gasteiger partial charge in [-0.2, -0.15) is 18.2 Å². The number of aromatic nitrogens is 5. The molecule has 1 amide bonds. The van der Waals surface area contributed by atoms with Crippen LogP contribution in [0.4, 0.5) is 19.0 Å². The molecule has 0 radical (unpaired) electrons. The van der Waals surface area contributed by atoms with E-state index in [2.05, 4.69) is 51.0 Å². The molecule has 1 N–H and O–H groups in total. The lowest BCUT2D eigenvalue weighted by Gasteiger charge is -2.40. The van der Waals surface area contributed by atoms with E-state index in [1.54, 1.807) is 29.4 Å². The zero-order valence-corrected chi connectivity index (χ0v) is 21.9. The third-order valence-electron chi connectivity index (χ3n) is 5.94. The van der Waals surface area contributed by atoms with Gasteiger partial charge in [0.1, 0.15) is 11.5 Å². The van der Waals surface area contributed by atoms with Crippen LogP contribution < -0.4 is 4.90 Å². The van der Waals surface area contributed by atoms with Crippen LogP contribution in [0.2, 0.25) is 0 Å². The first-order valence-electron chi connectivity index (χ1n) is 11.9. The molecule has 0 saturated heterocycles. The van der Waals surface area contributed by atoms with E-state index in [1.165, 1.54) is 4.90 Å². The number of nitrogens with zero attached hydrogens (tertiary/aromatic N) is 8. The van der Waals surface area contributed by atoms with Crippen LogP contribution in [0.1, 0.15) is 49.0 Å². The molecule has 3 aromatic heterocycles. The number of carbonyl (C=O) groups excluding carboxylic acids is 2. The van der Waals surface area contributed by atoms with Gasteiger partial charge in [0.15, 0.2) is 10.6 Å². The van der Waals surface area contributed by atoms with Gasteiger partial charge in [0.2, 0.25) is 18.0 Å². The van der Waals surface area contributed by atoms with Gasteiger partial charge in [-0.15, -0.1) is 5.10 Å². The average Bonchev–Trinajstić information content (AvgIpc) is 3.62. The summed E-state index contributed by atoms with van der Waals surface area (Å²) in [5.74, 6) is -2.30. The van der Waals surface area contributed by atoms with Crippen LogP contribution in [-0.4, -0.2) is 71.9 Å². The van der Waals surface area contributed by atoms with Crippen molar-refractivity contribution in [1.82, 2.24) is 35.2 Å². The summed E-state index contributed by atoms with van der Waals surface area (Å²) >= 11 is 3.21. The van der Waals surface area contributed by atoms with Gasteiger partial charge in [0.05, 0.1) is 0 Å². The van der Waals surface area contributed by atoms with Crippen molar-refractivity contribution >= 4 is 39.5 Å². The van der Waals surface area contributed by atoms with Gasteiger partial charge in [0, 0.05) is 37.3 Å². The fourth-order valence-electron chi connectivity index (χ4n) is 4.17. The molecule has 39 heavy (non-hydrogen) atoms. The fraction of sp³-hybridized carbons (Fsp3) is 0.409. The Morgan fingerprint density at radius 3 is 2.69 bits per heavy atom. The van der Waals surface area contributed by atoms with E-state index in [-0.39, 0.29) is 40.8 Å². The molecular weight excluding hydrogens is 591 g/mol. The van der Waals surface area contributed by atoms with E-state index in [1.807, 2.05) is 6.92 Å². The molecule has 2 aliphatic heterocycles. The normalized spacial score (nSPS) is 16.8. The number of anilines is 1. The topological polar surface area (TPSA) is 146 Å². The number of imidazole rings is 1. The zero-order chi connectivity index (χ0) is 27.7. The van der Waals surface area contributed by atoms with Crippen molar-refractivity contribution in [3.8, 4) is 11.4 Å². The highest BCUT2D eigenvalue weighted by Gasteiger charge is 2.52. The monoisotopic (exact) mass is 611 g/mol. The van der Waals surface area contributed by atoms with E-state index in [4.69, 9.17) is 4.52 Å². The number of nitrogens with one attached hydrogen (secondary N) is 1. The highest BCUT2D eigenvalue weighted by molar-refractivity contribution is 9.10. The van der Waals surface area contributed by atoms with Crippen molar-refractivity contribution in [2.24, 2.45) is 5.10 Å². The number of aryl methyl sites for hydroxylation is 1. The third-order valence-corrected chi connectivity index (χ3v) is 6.31. The molecule has 0 aliphatic carbocycles. The van der Waals surface area contributed by atoms with Crippen molar-refractivity contribution in [3.63, 3.8) is 0 Å². The number of halogens is 4. The minimum Gasteiger partial charge on any atom is -0.339 e. The number of aromatic amines is 1. The first-order valence-corrected chi connectivity index (χ1v) is 12.7. The summed E-state index contributed by atoms with van der Waals surface area (Å²) in [4.78, 5) is 48.0. The number of rotatable bonds is 9. The molecule has 1 unspecified atom stereocenters. The molecule has 0 spiro atoms. The molecule has 13 nitrogen and oxygen atoms in total. The fourth-order valence-corrected chi connectivity index (χ4v) is 4.54. The first-order chi connectivity index (χ1) is 18.7. The van der Waals surface area contributed by atoms with Crippen LogP contribution in [0.25, 0.3) is 11.4 Å². The molecule has 0 fully saturated rings. The minimum absolute atomic E-state index is 0.00767. The summed E-state index contributed by atoms with van der Waals surface area (Å²) in [5.41, 5.74) is 0.791. The summed E-state index contributed by atoms with van der Waals surface area (Å²) in [6.07, 6.45) is -1.01. The molecule has 0 aromatic carbocycles.